The van der Waals surface area contributed by atoms with Crippen LogP contribution in [0.2, 0.25) is 0 Å². The first-order chi connectivity index (χ1) is 8.25. The molecule has 0 aromatic heterocycles. The molecule has 0 bridgehead atoms. The third-order valence-electron chi connectivity index (χ3n) is 2.79. The molecule has 0 fully saturated rings. The van der Waals surface area contributed by atoms with Crippen molar-refractivity contribution in [3.63, 3.8) is 0 Å². The van der Waals surface area contributed by atoms with Gasteiger partial charge in [0.2, 0.25) is 0 Å². The molecule has 1 atom stereocenters. The Bertz CT molecular complexity index is 319. The number of rotatable bonds is 8. The Labute approximate surface area is 104 Å². The number of carbonyl (C=O) groups excluding carboxylic acids is 1. The number of hydrogen-bond donors (Lipinski definition) is 0. The van der Waals surface area contributed by atoms with Gasteiger partial charge >= 0.3 is 0 Å². The molecule has 1 rings (SSSR count). The van der Waals surface area contributed by atoms with Crippen LogP contribution in [0, 0.1) is 0 Å². The maximum Gasteiger partial charge on any atom is 0.191 e. The number of unbranched alkanes of at least 4 members (excludes halogenated alkanes) is 3. The first-order valence-corrected chi connectivity index (χ1v) is 6.46. The van der Waals surface area contributed by atoms with Crippen molar-refractivity contribution in [1.82, 2.24) is 0 Å². The van der Waals surface area contributed by atoms with Crippen molar-refractivity contribution in [1.29, 1.82) is 0 Å². The summed E-state index contributed by atoms with van der Waals surface area (Å²) in [5.74, 6) is 0.0705. The second kappa shape index (κ2) is 8.02. The Balaban J connectivity index is 2.28. The van der Waals surface area contributed by atoms with Gasteiger partial charge in [-0.2, -0.15) is 0 Å². The highest BCUT2D eigenvalue weighted by Crippen LogP contribution is 2.07. The predicted molar refractivity (Wildman–Crippen MR) is 70.3 cm³/mol. The lowest BCUT2D eigenvalue weighted by molar-refractivity contribution is 0.0464. The molecular formula is C15H22O2. The van der Waals surface area contributed by atoms with Gasteiger partial charge < -0.3 is 4.74 Å². The Hall–Kier alpha value is -1.15. The maximum absolute atomic E-state index is 11.9. The van der Waals surface area contributed by atoms with Gasteiger partial charge in [0.25, 0.3) is 0 Å². The second-order valence-electron chi connectivity index (χ2n) is 4.30. The van der Waals surface area contributed by atoms with Gasteiger partial charge in [0, 0.05) is 12.2 Å². The van der Waals surface area contributed by atoms with Gasteiger partial charge in [0.15, 0.2) is 5.78 Å². The largest absolute Gasteiger partial charge is 0.370 e. The molecule has 0 spiro atoms. The molecular weight excluding hydrogens is 212 g/mol. The molecule has 0 aliphatic heterocycles. The van der Waals surface area contributed by atoms with Gasteiger partial charge in [0.05, 0.1) is 0 Å². The van der Waals surface area contributed by atoms with Gasteiger partial charge in [-0.3, -0.25) is 4.79 Å². The third kappa shape index (κ3) is 5.14. The summed E-state index contributed by atoms with van der Waals surface area (Å²) in [6, 6.07) is 9.33. The van der Waals surface area contributed by atoms with Crippen LogP contribution in [-0.2, 0) is 4.74 Å². The van der Waals surface area contributed by atoms with E-state index in [0.29, 0.717) is 6.61 Å². The fourth-order valence-corrected chi connectivity index (χ4v) is 1.70. The average molecular weight is 234 g/mol. The summed E-state index contributed by atoms with van der Waals surface area (Å²) in [6.07, 6.45) is 4.35. The van der Waals surface area contributed by atoms with Gasteiger partial charge in [0.1, 0.15) is 6.10 Å². The molecule has 17 heavy (non-hydrogen) atoms. The first kappa shape index (κ1) is 13.9. The van der Waals surface area contributed by atoms with Crippen LogP contribution < -0.4 is 0 Å². The molecule has 0 N–H and O–H groups in total. The normalized spacial score (nSPS) is 12.4. The lowest BCUT2D eigenvalue weighted by Crippen LogP contribution is -2.21. The highest BCUT2D eigenvalue weighted by atomic mass is 16.5. The van der Waals surface area contributed by atoms with E-state index in [-0.39, 0.29) is 11.9 Å². The number of ether oxygens (including phenoxy) is 1. The van der Waals surface area contributed by atoms with Gasteiger partial charge in [-0.25, -0.2) is 0 Å². The van der Waals surface area contributed by atoms with Crippen molar-refractivity contribution >= 4 is 5.78 Å². The van der Waals surface area contributed by atoms with Crippen LogP contribution in [-0.4, -0.2) is 18.5 Å². The summed E-state index contributed by atoms with van der Waals surface area (Å²) in [7, 11) is 0. The molecule has 1 unspecified atom stereocenters. The third-order valence-corrected chi connectivity index (χ3v) is 2.79. The Morgan fingerprint density at radius 2 is 1.88 bits per heavy atom. The summed E-state index contributed by atoms with van der Waals surface area (Å²) in [5, 5.41) is 0. The van der Waals surface area contributed by atoms with Crippen LogP contribution in [0.1, 0.15) is 49.9 Å². The van der Waals surface area contributed by atoms with Crippen LogP contribution in [0.5, 0.6) is 0 Å². The van der Waals surface area contributed by atoms with E-state index in [0.717, 1.165) is 12.0 Å². The van der Waals surface area contributed by atoms with Crippen LogP contribution in [0.25, 0.3) is 0 Å². The summed E-state index contributed by atoms with van der Waals surface area (Å²) in [5.41, 5.74) is 0.730. The zero-order valence-corrected chi connectivity index (χ0v) is 10.8. The number of ketones is 1. The van der Waals surface area contributed by atoms with Crippen LogP contribution in [0.15, 0.2) is 30.3 Å². The summed E-state index contributed by atoms with van der Waals surface area (Å²) in [6.45, 7) is 4.69. The molecule has 0 aliphatic rings. The molecule has 0 saturated carbocycles. The molecule has 1 aromatic rings. The zero-order valence-electron chi connectivity index (χ0n) is 10.8. The summed E-state index contributed by atoms with van der Waals surface area (Å²) >= 11 is 0. The Morgan fingerprint density at radius 1 is 1.18 bits per heavy atom. The molecule has 0 saturated heterocycles. The number of benzene rings is 1. The van der Waals surface area contributed by atoms with E-state index in [4.69, 9.17) is 4.74 Å². The van der Waals surface area contributed by atoms with Gasteiger partial charge in [-0.15, -0.1) is 0 Å². The van der Waals surface area contributed by atoms with Crippen molar-refractivity contribution in [2.24, 2.45) is 0 Å². The van der Waals surface area contributed by atoms with Crippen molar-refractivity contribution < 1.29 is 9.53 Å². The van der Waals surface area contributed by atoms with Crippen LogP contribution in [0.3, 0.4) is 0 Å². The minimum Gasteiger partial charge on any atom is -0.370 e. The highest BCUT2D eigenvalue weighted by Gasteiger charge is 2.14. The minimum atomic E-state index is -0.334. The van der Waals surface area contributed by atoms with Crippen molar-refractivity contribution in [3.05, 3.63) is 35.9 Å². The van der Waals surface area contributed by atoms with E-state index in [1.54, 1.807) is 0 Å². The Morgan fingerprint density at radius 3 is 2.53 bits per heavy atom. The van der Waals surface area contributed by atoms with E-state index in [1.807, 2.05) is 37.3 Å². The molecule has 94 valence electrons. The highest BCUT2D eigenvalue weighted by molar-refractivity contribution is 5.99. The quantitative estimate of drug-likeness (QED) is 0.504. The van der Waals surface area contributed by atoms with Crippen molar-refractivity contribution in [3.8, 4) is 0 Å². The fourth-order valence-electron chi connectivity index (χ4n) is 1.70. The first-order valence-electron chi connectivity index (χ1n) is 6.46. The number of hydrogen-bond acceptors (Lipinski definition) is 2. The van der Waals surface area contributed by atoms with Crippen LogP contribution in [0.4, 0.5) is 0 Å². The number of carbonyl (C=O) groups is 1. The van der Waals surface area contributed by atoms with E-state index in [2.05, 4.69) is 6.92 Å². The summed E-state index contributed by atoms with van der Waals surface area (Å²) < 4.78 is 5.56. The zero-order chi connectivity index (χ0) is 12.5. The van der Waals surface area contributed by atoms with E-state index in [9.17, 15) is 4.79 Å². The number of Topliss-reactive ketones (excluding diaryl/α,β-unsaturated/α-hetero) is 1. The smallest absolute Gasteiger partial charge is 0.191 e. The molecule has 2 heteroatoms. The average Bonchev–Trinajstić information content (AvgIpc) is 2.38. The second-order valence-corrected chi connectivity index (χ2v) is 4.30. The molecule has 0 heterocycles. The lowest BCUT2D eigenvalue weighted by atomic mass is 10.1. The molecule has 0 amide bonds. The lowest BCUT2D eigenvalue weighted by Gasteiger charge is -2.11. The van der Waals surface area contributed by atoms with E-state index in [1.165, 1.54) is 19.3 Å². The molecule has 1 aromatic carbocycles. The van der Waals surface area contributed by atoms with Crippen LogP contribution >= 0.6 is 0 Å². The van der Waals surface area contributed by atoms with E-state index < -0.39 is 0 Å². The molecule has 0 radical (unpaired) electrons. The monoisotopic (exact) mass is 234 g/mol. The van der Waals surface area contributed by atoms with E-state index >= 15 is 0 Å². The fraction of sp³-hybridized carbons (Fsp3) is 0.533. The van der Waals surface area contributed by atoms with Crippen molar-refractivity contribution in [2.75, 3.05) is 6.61 Å². The van der Waals surface area contributed by atoms with Crippen molar-refractivity contribution in [2.45, 2.75) is 45.6 Å². The SMILES string of the molecule is CCCCCCOC(C)C(=O)c1ccccc1. The Kier molecular flexibility index (Phi) is 6.56. The molecule has 2 nitrogen and oxygen atoms in total. The standard InChI is InChI=1S/C15H22O2/c1-3-4-5-9-12-17-13(2)15(16)14-10-7-6-8-11-14/h6-8,10-11,13H,3-5,9,12H2,1-2H3. The van der Waals surface area contributed by atoms with Gasteiger partial charge in [-0.05, 0) is 13.3 Å². The predicted octanol–water partition coefficient (Wildman–Crippen LogP) is 3.85. The minimum absolute atomic E-state index is 0.0705. The van der Waals surface area contributed by atoms with Gasteiger partial charge in [-0.1, -0.05) is 56.5 Å². The topological polar surface area (TPSA) is 26.3 Å². The summed E-state index contributed by atoms with van der Waals surface area (Å²) in [4.78, 5) is 11.9. The molecule has 0 aliphatic carbocycles. The maximum atomic E-state index is 11.9.